The van der Waals surface area contributed by atoms with E-state index in [0.717, 1.165) is 23.3 Å². The summed E-state index contributed by atoms with van der Waals surface area (Å²) in [5, 5.41) is 6.74. The lowest BCUT2D eigenvalue weighted by Crippen LogP contribution is -2.36. The van der Waals surface area contributed by atoms with E-state index in [9.17, 15) is 18.0 Å². The highest BCUT2D eigenvalue weighted by Gasteiger charge is 2.31. The van der Waals surface area contributed by atoms with E-state index in [-0.39, 0.29) is 18.4 Å². The summed E-state index contributed by atoms with van der Waals surface area (Å²) in [5.41, 5.74) is 4.89. The van der Waals surface area contributed by atoms with Crippen molar-refractivity contribution < 1.29 is 27.6 Å². The number of hydrogen-bond acceptors (Lipinski definition) is 5. The molecule has 0 aromatic heterocycles. The van der Waals surface area contributed by atoms with Gasteiger partial charge >= 0.3 is 6.18 Å². The van der Waals surface area contributed by atoms with E-state index in [0.29, 0.717) is 16.8 Å². The predicted octanol–water partition coefficient (Wildman–Crippen LogP) is 4.53. The first-order chi connectivity index (χ1) is 15.1. The number of amides is 1. The summed E-state index contributed by atoms with van der Waals surface area (Å²) < 4.78 is 39.3. The molecule has 0 radical (unpaired) electrons. The number of nitrogens with zero attached hydrogens (tertiary/aromatic N) is 1. The third kappa shape index (κ3) is 6.30. The highest BCUT2D eigenvalue weighted by Crippen LogP contribution is 2.30. The average Bonchev–Trinajstić information content (AvgIpc) is 2.74. The van der Waals surface area contributed by atoms with Gasteiger partial charge in [0.05, 0.1) is 18.4 Å². The fourth-order valence-electron chi connectivity index (χ4n) is 3.23. The van der Waals surface area contributed by atoms with E-state index < -0.39 is 17.8 Å². The Bertz CT molecular complexity index is 959. The van der Waals surface area contributed by atoms with Crippen LogP contribution in [0.1, 0.15) is 47.7 Å². The van der Waals surface area contributed by atoms with Crippen molar-refractivity contribution >= 4 is 11.6 Å². The molecule has 0 aliphatic carbocycles. The largest absolute Gasteiger partial charge is 0.416 e. The van der Waals surface area contributed by atoms with Crippen LogP contribution in [0.2, 0.25) is 0 Å². The maximum absolute atomic E-state index is 13.1. The molecule has 1 atom stereocenters. The van der Waals surface area contributed by atoms with E-state index in [2.05, 4.69) is 16.0 Å². The van der Waals surface area contributed by atoms with Crippen molar-refractivity contribution in [2.24, 2.45) is 11.1 Å². The molecule has 0 fully saturated rings. The lowest BCUT2D eigenvalue weighted by molar-refractivity contribution is -0.137. The smallest absolute Gasteiger partial charge is 0.391 e. The van der Waals surface area contributed by atoms with Crippen LogP contribution in [0.4, 0.5) is 13.2 Å². The van der Waals surface area contributed by atoms with Crippen LogP contribution in [0.5, 0.6) is 0 Å². The Kier molecular flexibility index (Phi) is 8.80. The van der Waals surface area contributed by atoms with Crippen LogP contribution in [-0.2, 0) is 27.3 Å². The molecule has 6 nitrogen and oxygen atoms in total. The minimum atomic E-state index is -4.45. The number of halogens is 3. The van der Waals surface area contributed by atoms with Crippen LogP contribution in [-0.4, -0.2) is 25.8 Å². The maximum atomic E-state index is 13.1. The third-order valence-electron chi connectivity index (χ3n) is 4.91. The van der Waals surface area contributed by atoms with Crippen LogP contribution in [0, 0.1) is 12.8 Å². The lowest BCUT2D eigenvalue weighted by atomic mass is 9.96. The fourth-order valence-corrected chi connectivity index (χ4v) is 3.23. The molecule has 32 heavy (non-hydrogen) atoms. The van der Waals surface area contributed by atoms with Crippen molar-refractivity contribution in [3.8, 4) is 0 Å². The number of carbonyl (C=O) groups is 1. The summed E-state index contributed by atoms with van der Waals surface area (Å²) >= 11 is 0. The molecule has 0 saturated carbocycles. The summed E-state index contributed by atoms with van der Waals surface area (Å²) in [6, 6.07) is 9.68. The highest BCUT2D eigenvalue weighted by atomic mass is 19.4. The molecule has 2 rings (SSSR count). The van der Waals surface area contributed by atoms with Gasteiger partial charge < -0.3 is 15.0 Å². The molecule has 1 unspecified atom stereocenters. The maximum Gasteiger partial charge on any atom is 0.416 e. The van der Waals surface area contributed by atoms with Gasteiger partial charge in [0, 0.05) is 18.2 Å². The van der Waals surface area contributed by atoms with Crippen molar-refractivity contribution in [1.82, 2.24) is 10.8 Å². The van der Waals surface area contributed by atoms with Gasteiger partial charge in [-0.15, -0.1) is 0 Å². The Labute approximate surface area is 185 Å². The number of hydroxylamine groups is 1. The van der Waals surface area contributed by atoms with Gasteiger partial charge in [0.15, 0.2) is 0 Å². The molecule has 2 aromatic rings. The molecule has 174 valence electrons. The molecule has 0 spiro atoms. The molecule has 0 saturated heterocycles. The number of likely N-dealkylation sites (N-methyl/N-ethyl adjacent to an activating group) is 1. The first kappa shape index (κ1) is 25.4. The molecule has 1 amide bonds. The second kappa shape index (κ2) is 11.1. The summed E-state index contributed by atoms with van der Waals surface area (Å²) in [6.45, 7) is 5.55. The standard InChI is InChI=1S/C23H28F3N3O3/c1-14(2)20(16-9-7-10-17(12-16)23(24,25)26)29-32-13-19-15(3)8-6-11-18(19)21(28-31-5)22(30)27-4/h6-12,14,21,28H,13H2,1-5H3,(H,27,30)/b29-20+. The number of carbonyl (C=O) groups excluding carboxylic acids is 1. The van der Waals surface area contributed by atoms with Crippen LogP contribution in [0.3, 0.4) is 0 Å². The molecule has 0 aliphatic rings. The van der Waals surface area contributed by atoms with Gasteiger partial charge in [-0.2, -0.15) is 18.7 Å². The molecule has 9 heteroatoms. The minimum Gasteiger partial charge on any atom is -0.391 e. The normalized spacial score (nSPS) is 13.2. The van der Waals surface area contributed by atoms with Crippen molar-refractivity contribution in [3.63, 3.8) is 0 Å². The van der Waals surface area contributed by atoms with Gasteiger partial charge in [0.1, 0.15) is 12.6 Å². The van der Waals surface area contributed by atoms with Crippen LogP contribution < -0.4 is 10.8 Å². The van der Waals surface area contributed by atoms with Gasteiger partial charge in [-0.1, -0.05) is 49.3 Å². The zero-order valence-electron chi connectivity index (χ0n) is 18.7. The zero-order chi connectivity index (χ0) is 23.9. The number of benzene rings is 2. The van der Waals surface area contributed by atoms with E-state index >= 15 is 0 Å². The molecule has 2 aromatic carbocycles. The number of alkyl halides is 3. The Hall–Kier alpha value is -2.91. The Morgan fingerprint density at radius 2 is 1.84 bits per heavy atom. The van der Waals surface area contributed by atoms with E-state index in [1.807, 2.05) is 32.9 Å². The third-order valence-corrected chi connectivity index (χ3v) is 4.91. The first-order valence-corrected chi connectivity index (χ1v) is 10.1. The highest BCUT2D eigenvalue weighted by molar-refractivity contribution is 6.01. The Balaban J connectivity index is 2.35. The fraction of sp³-hybridized carbons (Fsp3) is 0.391. The minimum absolute atomic E-state index is 0.0239. The molecular weight excluding hydrogens is 423 g/mol. The number of nitrogens with one attached hydrogen (secondary N) is 2. The van der Waals surface area contributed by atoms with Crippen molar-refractivity contribution in [1.29, 1.82) is 0 Å². The number of rotatable bonds is 9. The van der Waals surface area contributed by atoms with Crippen molar-refractivity contribution in [2.75, 3.05) is 14.2 Å². The van der Waals surface area contributed by atoms with Gasteiger partial charge in [-0.3, -0.25) is 4.79 Å². The topological polar surface area (TPSA) is 72.0 Å². The summed E-state index contributed by atoms with van der Waals surface area (Å²) in [4.78, 5) is 22.9. The SMILES string of the molecule is CNC(=O)C(NOC)c1cccc(C)c1CO/N=C(/c1cccc(C(F)(F)F)c1)C(C)C. The van der Waals surface area contributed by atoms with E-state index in [1.54, 1.807) is 12.1 Å². The van der Waals surface area contributed by atoms with Crippen LogP contribution in [0.25, 0.3) is 0 Å². The van der Waals surface area contributed by atoms with Crippen molar-refractivity contribution in [3.05, 3.63) is 70.3 Å². The van der Waals surface area contributed by atoms with E-state index in [4.69, 9.17) is 9.68 Å². The number of aryl methyl sites for hydroxylation is 1. The number of oxime groups is 1. The zero-order valence-corrected chi connectivity index (χ0v) is 18.7. The molecule has 2 N–H and O–H groups in total. The molecule has 0 bridgehead atoms. The first-order valence-electron chi connectivity index (χ1n) is 10.1. The van der Waals surface area contributed by atoms with Gasteiger partial charge in [-0.05, 0) is 36.1 Å². The van der Waals surface area contributed by atoms with E-state index in [1.165, 1.54) is 20.2 Å². The van der Waals surface area contributed by atoms with Crippen LogP contribution in [0.15, 0.2) is 47.6 Å². The Morgan fingerprint density at radius 3 is 2.44 bits per heavy atom. The summed E-state index contributed by atoms with van der Waals surface area (Å²) in [6.07, 6.45) is -4.45. The van der Waals surface area contributed by atoms with Gasteiger partial charge in [0.25, 0.3) is 0 Å². The van der Waals surface area contributed by atoms with Gasteiger partial charge in [0.2, 0.25) is 5.91 Å². The quantitative estimate of drug-likeness (QED) is 0.434. The van der Waals surface area contributed by atoms with Crippen molar-refractivity contribution in [2.45, 2.75) is 39.6 Å². The molecule has 0 aliphatic heterocycles. The van der Waals surface area contributed by atoms with Gasteiger partial charge in [-0.25, -0.2) is 0 Å². The second-order valence-corrected chi connectivity index (χ2v) is 7.50. The second-order valence-electron chi connectivity index (χ2n) is 7.50. The molecular formula is C23H28F3N3O3. The Morgan fingerprint density at radius 1 is 1.16 bits per heavy atom. The predicted molar refractivity (Wildman–Crippen MR) is 116 cm³/mol. The molecule has 0 heterocycles. The lowest BCUT2D eigenvalue weighted by Gasteiger charge is -2.20. The summed E-state index contributed by atoms with van der Waals surface area (Å²) in [5.74, 6) is -0.474. The average molecular weight is 451 g/mol. The van der Waals surface area contributed by atoms with Crippen LogP contribution >= 0.6 is 0 Å². The number of hydrogen-bond donors (Lipinski definition) is 2. The summed E-state index contributed by atoms with van der Waals surface area (Å²) in [7, 11) is 2.93. The monoisotopic (exact) mass is 451 g/mol.